The normalized spacial score (nSPS) is 28.4. The van der Waals surface area contributed by atoms with E-state index in [2.05, 4.69) is 47.0 Å². The molecule has 1 spiro atoms. The highest BCUT2D eigenvalue weighted by molar-refractivity contribution is 4.91. The lowest BCUT2D eigenvalue weighted by molar-refractivity contribution is -0.198. The number of hydroxylamine groups is 1. The van der Waals surface area contributed by atoms with E-state index < -0.39 is 0 Å². The fraction of sp³-hybridized carbons (Fsp3) is 1.00. The van der Waals surface area contributed by atoms with E-state index in [1.165, 1.54) is 25.7 Å². The molecule has 0 aromatic rings. The number of ether oxygens (including phenoxy) is 2. The van der Waals surface area contributed by atoms with Gasteiger partial charge in [0.25, 0.3) is 0 Å². The Bertz CT molecular complexity index is 334. The van der Waals surface area contributed by atoms with Gasteiger partial charge in [0.05, 0.1) is 12.7 Å². The second-order valence-electron chi connectivity index (χ2n) is 8.41. The molecule has 0 bridgehead atoms. The number of nitrogens with one attached hydrogen (secondary N) is 1. The second-order valence-corrected chi connectivity index (χ2v) is 8.41. The first-order valence-electron chi connectivity index (χ1n) is 11.0. The van der Waals surface area contributed by atoms with Crippen LogP contribution >= 0.6 is 0 Å². The first-order chi connectivity index (χ1) is 12.3. The van der Waals surface area contributed by atoms with E-state index >= 15 is 0 Å². The predicted molar refractivity (Wildman–Crippen MR) is 110 cm³/mol. The molecule has 1 aliphatic heterocycles. The molecule has 2 aliphatic rings. The number of hydrogen-bond donors (Lipinski definition) is 2. The van der Waals surface area contributed by atoms with Gasteiger partial charge < -0.3 is 14.7 Å². The molecule has 0 aromatic carbocycles. The van der Waals surface area contributed by atoms with Gasteiger partial charge in [-0.3, -0.25) is 0 Å². The summed E-state index contributed by atoms with van der Waals surface area (Å²) in [7, 11) is 0. The molecule has 2 N–H and O–H groups in total. The lowest BCUT2D eigenvalue weighted by atomic mass is 9.64. The summed E-state index contributed by atoms with van der Waals surface area (Å²) in [6, 6.07) is 0. The van der Waals surface area contributed by atoms with Gasteiger partial charge in [0.2, 0.25) is 0 Å². The van der Waals surface area contributed by atoms with Crippen molar-refractivity contribution in [2.24, 2.45) is 17.3 Å². The molecular formula is C22H47NO3. The zero-order valence-corrected chi connectivity index (χ0v) is 18.9. The SMILES string of the molecule is CC.CC(C)C(C)(C)C1CCC2(CC1)OCC(CCNO)O2.CCCC. The molecular weight excluding hydrogens is 326 g/mol. The Balaban J connectivity index is 0.000000920. The lowest BCUT2D eigenvalue weighted by Crippen LogP contribution is -2.41. The first-order valence-corrected chi connectivity index (χ1v) is 11.0. The molecule has 0 aromatic heterocycles. The fourth-order valence-corrected chi connectivity index (χ4v) is 3.52. The van der Waals surface area contributed by atoms with E-state index in [0.29, 0.717) is 24.5 Å². The van der Waals surface area contributed by atoms with Gasteiger partial charge in [-0.1, -0.05) is 68.2 Å². The van der Waals surface area contributed by atoms with E-state index in [1.54, 1.807) is 0 Å². The maximum atomic E-state index is 8.66. The standard InChI is InChI=1S/C16H31NO3.C4H10.C2H6/c1-12(2)15(3,4)13-5-8-16(9-6-13)19-11-14(20-16)7-10-17-18;1-3-4-2;1-2/h12-14,17-18H,5-11H2,1-4H3;3-4H2,1-2H3;1-2H3. The monoisotopic (exact) mass is 373 g/mol. The van der Waals surface area contributed by atoms with Crippen LogP contribution in [-0.4, -0.2) is 30.2 Å². The molecule has 2 rings (SSSR count). The van der Waals surface area contributed by atoms with Crippen molar-refractivity contribution in [2.45, 2.75) is 112 Å². The topological polar surface area (TPSA) is 50.7 Å². The van der Waals surface area contributed by atoms with Gasteiger partial charge in [-0.2, -0.15) is 0 Å². The highest BCUT2D eigenvalue weighted by Crippen LogP contribution is 2.48. The van der Waals surface area contributed by atoms with E-state index in [0.717, 1.165) is 25.2 Å². The minimum Gasteiger partial charge on any atom is -0.347 e. The molecule has 0 radical (unpaired) electrons. The Kier molecular flexibility index (Phi) is 13.0. The van der Waals surface area contributed by atoms with Crippen LogP contribution in [0.2, 0.25) is 0 Å². The van der Waals surface area contributed by atoms with Crippen LogP contribution in [0.5, 0.6) is 0 Å². The van der Waals surface area contributed by atoms with E-state index in [9.17, 15) is 0 Å². The molecule has 1 aliphatic carbocycles. The summed E-state index contributed by atoms with van der Waals surface area (Å²) < 4.78 is 12.1. The van der Waals surface area contributed by atoms with Crippen molar-refractivity contribution in [3.63, 3.8) is 0 Å². The molecule has 2 fully saturated rings. The molecule has 1 unspecified atom stereocenters. The van der Waals surface area contributed by atoms with Crippen molar-refractivity contribution in [3.05, 3.63) is 0 Å². The highest BCUT2D eigenvalue weighted by atomic mass is 16.7. The third kappa shape index (κ3) is 7.84. The molecule has 4 heteroatoms. The van der Waals surface area contributed by atoms with Crippen molar-refractivity contribution >= 4 is 0 Å². The number of unbranched alkanes of at least 4 members (excludes halogenated alkanes) is 1. The second kappa shape index (κ2) is 13.1. The van der Waals surface area contributed by atoms with Gasteiger partial charge in [0.15, 0.2) is 5.79 Å². The quantitative estimate of drug-likeness (QED) is 0.546. The van der Waals surface area contributed by atoms with Gasteiger partial charge >= 0.3 is 0 Å². The summed E-state index contributed by atoms with van der Waals surface area (Å²) in [5.41, 5.74) is 2.58. The Morgan fingerprint density at radius 2 is 1.65 bits per heavy atom. The van der Waals surface area contributed by atoms with Crippen molar-refractivity contribution in [2.75, 3.05) is 13.2 Å². The van der Waals surface area contributed by atoms with Gasteiger partial charge in [-0.25, -0.2) is 5.48 Å². The summed E-state index contributed by atoms with van der Waals surface area (Å²) in [5.74, 6) is 1.14. The fourth-order valence-electron chi connectivity index (χ4n) is 3.52. The minimum atomic E-state index is -0.330. The summed E-state index contributed by atoms with van der Waals surface area (Å²) in [6.45, 7) is 19.0. The molecule has 4 nitrogen and oxygen atoms in total. The van der Waals surface area contributed by atoms with Crippen LogP contribution in [0.3, 0.4) is 0 Å². The molecule has 1 heterocycles. The zero-order chi connectivity index (χ0) is 20.2. The largest absolute Gasteiger partial charge is 0.347 e. The van der Waals surface area contributed by atoms with Crippen molar-refractivity contribution in [1.29, 1.82) is 0 Å². The van der Waals surface area contributed by atoms with Crippen LogP contribution in [-0.2, 0) is 9.47 Å². The Labute approximate surface area is 163 Å². The van der Waals surface area contributed by atoms with Crippen LogP contribution in [0.1, 0.15) is 100 Å². The highest BCUT2D eigenvalue weighted by Gasteiger charge is 2.46. The third-order valence-corrected chi connectivity index (χ3v) is 6.28. The molecule has 0 amide bonds. The van der Waals surface area contributed by atoms with E-state index in [1.807, 2.05) is 13.8 Å². The van der Waals surface area contributed by atoms with Gasteiger partial charge in [0.1, 0.15) is 0 Å². The molecule has 26 heavy (non-hydrogen) atoms. The van der Waals surface area contributed by atoms with Crippen molar-refractivity contribution in [1.82, 2.24) is 5.48 Å². The predicted octanol–water partition coefficient (Wildman–Crippen LogP) is 6.17. The first kappa shape index (κ1) is 25.8. The summed E-state index contributed by atoms with van der Waals surface area (Å²) in [5, 5.41) is 8.66. The molecule has 1 atom stereocenters. The van der Waals surface area contributed by atoms with Crippen LogP contribution < -0.4 is 5.48 Å². The van der Waals surface area contributed by atoms with Crippen LogP contribution in [0.25, 0.3) is 0 Å². The Morgan fingerprint density at radius 3 is 2.08 bits per heavy atom. The average molecular weight is 374 g/mol. The smallest absolute Gasteiger partial charge is 0.168 e. The van der Waals surface area contributed by atoms with Gasteiger partial charge in [-0.15, -0.1) is 0 Å². The molecule has 1 saturated carbocycles. The van der Waals surface area contributed by atoms with Crippen LogP contribution in [0, 0.1) is 17.3 Å². The minimum absolute atomic E-state index is 0.129. The zero-order valence-electron chi connectivity index (χ0n) is 18.9. The Morgan fingerprint density at radius 1 is 1.12 bits per heavy atom. The summed E-state index contributed by atoms with van der Waals surface area (Å²) >= 11 is 0. The van der Waals surface area contributed by atoms with E-state index in [4.69, 9.17) is 14.7 Å². The number of hydrogen-bond acceptors (Lipinski definition) is 4. The number of rotatable bonds is 6. The summed E-state index contributed by atoms with van der Waals surface area (Å²) in [6.07, 6.45) is 7.98. The summed E-state index contributed by atoms with van der Waals surface area (Å²) in [4.78, 5) is 0. The van der Waals surface area contributed by atoms with Crippen LogP contribution in [0.4, 0.5) is 0 Å². The lowest BCUT2D eigenvalue weighted by Gasteiger charge is -2.44. The molecule has 1 saturated heterocycles. The van der Waals surface area contributed by atoms with Gasteiger partial charge in [0, 0.05) is 19.4 Å². The van der Waals surface area contributed by atoms with Gasteiger partial charge in [-0.05, 0) is 36.5 Å². The molecule has 158 valence electrons. The van der Waals surface area contributed by atoms with Crippen LogP contribution in [0.15, 0.2) is 0 Å². The maximum Gasteiger partial charge on any atom is 0.168 e. The maximum absolute atomic E-state index is 8.66. The Hall–Kier alpha value is -0.160. The van der Waals surface area contributed by atoms with Crippen molar-refractivity contribution in [3.8, 4) is 0 Å². The van der Waals surface area contributed by atoms with E-state index in [-0.39, 0.29) is 11.9 Å². The van der Waals surface area contributed by atoms with Crippen molar-refractivity contribution < 1.29 is 14.7 Å². The average Bonchev–Trinajstić information content (AvgIpc) is 3.04. The third-order valence-electron chi connectivity index (χ3n) is 6.28.